The highest BCUT2D eigenvalue weighted by molar-refractivity contribution is 6.31. The molecule has 1 aliphatic rings. The Bertz CT molecular complexity index is 1370. The lowest BCUT2D eigenvalue weighted by atomic mass is 9.94. The van der Waals surface area contributed by atoms with Gasteiger partial charge in [0.2, 0.25) is 5.95 Å². The van der Waals surface area contributed by atoms with Crippen LogP contribution in [0.15, 0.2) is 96.5 Å². The Balaban J connectivity index is 1.53. The van der Waals surface area contributed by atoms with Gasteiger partial charge in [-0.25, -0.2) is 4.68 Å². The topological polar surface area (TPSA) is 81.1 Å². The first kappa shape index (κ1) is 21.7. The number of hydrogen-bond donors (Lipinski definition) is 2. The first-order valence-electron chi connectivity index (χ1n) is 10.8. The molecule has 1 aromatic heterocycles. The van der Waals surface area contributed by atoms with Gasteiger partial charge in [0.05, 0.1) is 5.57 Å². The highest BCUT2D eigenvalue weighted by Gasteiger charge is 2.35. The summed E-state index contributed by atoms with van der Waals surface area (Å²) in [5.74, 6) is 0.955. The predicted molar refractivity (Wildman–Crippen MR) is 132 cm³/mol. The van der Waals surface area contributed by atoms with Gasteiger partial charge in [0.25, 0.3) is 5.91 Å². The lowest BCUT2D eigenvalue weighted by molar-refractivity contribution is -0.113. The summed E-state index contributed by atoms with van der Waals surface area (Å²) in [6.45, 7) is 2.15. The fourth-order valence-electron chi connectivity index (χ4n) is 4.00. The van der Waals surface area contributed by atoms with Crippen LogP contribution >= 0.6 is 11.6 Å². The molecule has 5 rings (SSSR count). The molecule has 0 radical (unpaired) electrons. The monoisotopic (exact) mass is 471 g/mol. The number of anilines is 2. The van der Waals surface area contributed by atoms with E-state index in [1.54, 1.807) is 4.68 Å². The molecule has 2 heterocycles. The second kappa shape index (κ2) is 9.41. The number of allylic oxidation sites excluding steroid dienone is 1. The molecule has 34 heavy (non-hydrogen) atoms. The van der Waals surface area contributed by atoms with Crippen LogP contribution in [0.4, 0.5) is 11.6 Å². The van der Waals surface area contributed by atoms with Crippen LogP contribution in [0, 0.1) is 0 Å². The lowest BCUT2D eigenvalue weighted by Gasteiger charge is -2.29. The van der Waals surface area contributed by atoms with Gasteiger partial charge in [-0.05, 0) is 31.2 Å². The highest BCUT2D eigenvalue weighted by atomic mass is 35.5. The van der Waals surface area contributed by atoms with Crippen LogP contribution in [0.5, 0.6) is 5.75 Å². The van der Waals surface area contributed by atoms with E-state index in [0.717, 1.165) is 11.1 Å². The summed E-state index contributed by atoms with van der Waals surface area (Å²) in [5, 5.41) is 11.2. The molecule has 0 bridgehead atoms. The van der Waals surface area contributed by atoms with E-state index in [1.807, 2.05) is 85.8 Å². The van der Waals surface area contributed by atoms with Crippen LogP contribution in [0.2, 0.25) is 5.02 Å². The van der Waals surface area contributed by atoms with E-state index in [4.69, 9.17) is 16.3 Å². The van der Waals surface area contributed by atoms with Crippen molar-refractivity contribution in [3.63, 3.8) is 0 Å². The van der Waals surface area contributed by atoms with Crippen molar-refractivity contribution < 1.29 is 9.53 Å². The Morgan fingerprint density at radius 1 is 1.06 bits per heavy atom. The van der Waals surface area contributed by atoms with Gasteiger partial charge in [0.1, 0.15) is 24.7 Å². The number of nitrogens with zero attached hydrogens (tertiary/aromatic N) is 3. The Hall–Kier alpha value is -4.10. The average molecular weight is 472 g/mol. The maximum atomic E-state index is 13.5. The van der Waals surface area contributed by atoms with E-state index >= 15 is 0 Å². The number of para-hydroxylation sites is 2. The van der Waals surface area contributed by atoms with Crippen molar-refractivity contribution in [2.45, 2.75) is 19.6 Å². The first-order chi connectivity index (χ1) is 16.6. The fraction of sp³-hybridized carbons (Fsp3) is 0.115. The second-order valence-electron chi connectivity index (χ2n) is 7.83. The third-order valence-electron chi connectivity index (χ3n) is 5.63. The van der Waals surface area contributed by atoms with Crippen molar-refractivity contribution in [1.82, 2.24) is 14.8 Å². The van der Waals surface area contributed by atoms with Gasteiger partial charge >= 0.3 is 0 Å². The Morgan fingerprint density at radius 3 is 2.62 bits per heavy atom. The number of ether oxygens (including phenoxy) is 1. The molecule has 170 valence electrons. The van der Waals surface area contributed by atoms with Crippen molar-refractivity contribution in [1.29, 1.82) is 0 Å². The molecular weight excluding hydrogens is 450 g/mol. The van der Waals surface area contributed by atoms with E-state index in [9.17, 15) is 4.79 Å². The maximum Gasteiger partial charge on any atom is 0.255 e. The summed E-state index contributed by atoms with van der Waals surface area (Å²) in [6.07, 6.45) is 1.47. The number of carbonyl (C=O) groups is 1. The summed E-state index contributed by atoms with van der Waals surface area (Å²) in [5.41, 5.74) is 3.59. The van der Waals surface area contributed by atoms with Crippen molar-refractivity contribution >= 4 is 29.1 Å². The predicted octanol–water partition coefficient (Wildman–Crippen LogP) is 5.44. The third kappa shape index (κ3) is 4.25. The lowest BCUT2D eigenvalue weighted by Crippen LogP contribution is -2.31. The van der Waals surface area contributed by atoms with Gasteiger partial charge in [-0.2, -0.15) is 10.1 Å². The minimum atomic E-state index is -0.537. The minimum absolute atomic E-state index is 0.233. The van der Waals surface area contributed by atoms with Crippen LogP contribution < -0.4 is 15.4 Å². The van der Waals surface area contributed by atoms with E-state index in [2.05, 4.69) is 20.7 Å². The van der Waals surface area contributed by atoms with Crippen LogP contribution in [0.3, 0.4) is 0 Å². The second-order valence-corrected chi connectivity index (χ2v) is 8.24. The van der Waals surface area contributed by atoms with Gasteiger partial charge in [0, 0.05) is 27.5 Å². The van der Waals surface area contributed by atoms with E-state index in [-0.39, 0.29) is 5.91 Å². The average Bonchev–Trinajstić information content (AvgIpc) is 3.31. The molecule has 4 aromatic rings. The number of rotatable bonds is 6. The zero-order valence-corrected chi connectivity index (χ0v) is 19.2. The van der Waals surface area contributed by atoms with Gasteiger partial charge in [-0.15, -0.1) is 0 Å². The minimum Gasteiger partial charge on any atom is -0.488 e. The zero-order valence-electron chi connectivity index (χ0n) is 18.4. The standard InChI is InChI=1S/C26H22ClN5O2/c1-17-23(25(33)31-19-10-3-2-4-11-19)24(32-26(30-17)28-16-29-32)20-12-6-8-14-22(20)34-15-18-9-5-7-13-21(18)27/h2-14,16,24H,15H2,1H3,(H,31,33)(H,28,29,30)/t24-/m1/s1. The Kier molecular flexibility index (Phi) is 6.01. The van der Waals surface area contributed by atoms with Crippen molar-refractivity contribution in [2.24, 2.45) is 0 Å². The molecule has 0 saturated heterocycles. The zero-order chi connectivity index (χ0) is 23.5. The van der Waals surface area contributed by atoms with Crippen LogP contribution in [0.1, 0.15) is 24.1 Å². The SMILES string of the molecule is CC1=C(C(=O)Nc2ccccc2)[C@@H](c2ccccc2OCc2ccccc2Cl)n2ncnc2N1. The number of carbonyl (C=O) groups excluding carboxylic acids is 1. The van der Waals surface area contributed by atoms with Crippen molar-refractivity contribution in [3.8, 4) is 5.75 Å². The van der Waals surface area contributed by atoms with Crippen molar-refractivity contribution in [2.75, 3.05) is 10.6 Å². The Labute approximate surface area is 202 Å². The Morgan fingerprint density at radius 2 is 1.79 bits per heavy atom. The molecule has 1 aliphatic heterocycles. The van der Waals surface area contributed by atoms with Gasteiger partial charge in [-0.1, -0.05) is 66.2 Å². The largest absolute Gasteiger partial charge is 0.488 e. The number of halogens is 1. The molecule has 0 fully saturated rings. The molecular formula is C26H22ClN5O2. The summed E-state index contributed by atoms with van der Waals surface area (Å²) in [4.78, 5) is 17.8. The molecule has 0 unspecified atom stereocenters. The van der Waals surface area contributed by atoms with E-state index < -0.39 is 6.04 Å². The number of hydrogen-bond acceptors (Lipinski definition) is 5. The van der Waals surface area contributed by atoms with Crippen molar-refractivity contribution in [3.05, 3.63) is 113 Å². The van der Waals surface area contributed by atoms with Crippen LogP contribution in [-0.2, 0) is 11.4 Å². The normalized spacial score (nSPS) is 14.8. The third-order valence-corrected chi connectivity index (χ3v) is 5.99. The number of amides is 1. The number of nitrogens with one attached hydrogen (secondary N) is 2. The number of benzene rings is 3. The molecule has 8 heteroatoms. The molecule has 1 atom stereocenters. The molecule has 0 aliphatic carbocycles. The van der Waals surface area contributed by atoms with Gasteiger partial charge in [0.15, 0.2) is 0 Å². The molecule has 2 N–H and O–H groups in total. The summed E-state index contributed by atoms with van der Waals surface area (Å²) in [7, 11) is 0. The highest BCUT2D eigenvalue weighted by Crippen LogP contribution is 2.39. The number of fused-ring (bicyclic) bond motifs is 1. The van der Waals surface area contributed by atoms with Crippen LogP contribution in [-0.4, -0.2) is 20.7 Å². The molecule has 1 amide bonds. The van der Waals surface area contributed by atoms with Crippen LogP contribution in [0.25, 0.3) is 0 Å². The maximum absolute atomic E-state index is 13.5. The van der Waals surface area contributed by atoms with E-state index in [1.165, 1.54) is 6.33 Å². The summed E-state index contributed by atoms with van der Waals surface area (Å²) < 4.78 is 7.91. The molecule has 3 aromatic carbocycles. The van der Waals surface area contributed by atoms with E-state index in [0.29, 0.717) is 40.3 Å². The quantitative estimate of drug-likeness (QED) is 0.391. The number of aromatic nitrogens is 3. The summed E-state index contributed by atoms with van der Waals surface area (Å²) >= 11 is 6.32. The first-order valence-corrected chi connectivity index (χ1v) is 11.2. The van der Waals surface area contributed by atoms with Gasteiger partial charge < -0.3 is 15.4 Å². The fourth-order valence-corrected chi connectivity index (χ4v) is 4.19. The molecule has 0 saturated carbocycles. The summed E-state index contributed by atoms with van der Waals surface area (Å²) in [6, 6.07) is 24.0. The molecule has 7 nitrogen and oxygen atoms in total. The smallest absolute Gasteiger partial charge is 0.255 e. The van der Waals surface area contributed by atoms with Gasteiger partial charge in [-0.3, -0.25) is 4.79 Å². The molecule has 0 spiro atoms.